The lowest BCUT2D eigenvalue weighted by molar-refractivity contribution is 0.220. The normalized spacial score (nSPS) is 25.7. The van der Waals surface area contributed by atoms with Gasteiger partial charge in [-0.25, -0.2) is 0 Å². The largest absolute Gasteiger partial charge is 0.326 e. The first-order valence-corrected chi connectivity index (χ1v) is 7.13. The fourth-order valence-electron chi connectivity index (χ4n) is 2.70. The summed E-state index contributed by atoms with van der Waals surface area (Å²) in [6.45, 7) is 6.77. The molecule has 0 amide bonds. The van der Waals surface area contributed by atoms with E-state index in [-0.39, 0.29) is 6.04 Å². The van der Waals surface area contributed by atoms with Gasteiger partial charge in [-0.3, -0.25) is 4.90 Å². The minimum absolute atomic E-state index is 0.257. The molecule has 0 bridgehead atoms. The maximum atomic E-state index is 6.28. The van der Waals surface area contributed by atoms with Crippen LogP contribution in [0, 0.1) is 5.92 Å². The average molecular weight is 297 g/mol. The molecule has 1 aromatic rings. The molecule has 2 unspecified atom stereocenters. The Morgan fingerprint density at radius 2 is 2.12 bits per heavy atom. The highest BCUT2D eigenvalue weighted by molar-refractivity contribution is 9.10. The quantitative estimate of drug-likeness (QED) is 0.928. The Kier molecular flexibility index (Phi) is 4.23. The van der Waals surface area contributed by atoms with Crippen molar-refractivity contribution in [1.82, 2.24) is 4.90 Å². The van der Waals surface area contributed by atoms with Gasteiger partial charge in [0.1, 0.15) is 0 Å². The Balaban J connectivity index is 2.24. The molecule has 1 aliphatic rings. The van der Waals surface area contributed by atoms with Gasteiger partial charge in [0.25, 0.3) is 0 Å². The summed E-state index contributed by atoms with van der Waals surface area (Å²) in [5, 5.41) is 0. The second kappa shape index (κ2) is 5.51. The van der Waals surface area contributed by atoms with Crippen LogP contribution in [0.15, 0.2) is 28.7 Å². The van der Waals surface area contributed by atoms with E-state index in [2.05, 4.69) is 58.9 Å². The molecule has 2 nitrogen and oxygen atoms in total. The molecule has 1 saturated heterocycles. The van der Waals surface area contributed by atoms with Crippen molar-refractivity contribution in [2.45, 2.75) is 32.4 Å². The standard InChI is InChI=1S/C14H21BrN2/c1-10(2)9-17-8-7-13(16)14(17)11-5-3-4-6-12(11)15/h3-6,10,13-14H,7-9,16H2,1-2H3. The number of rotatable bonds is 3. The number of nitrogens with two attached hydrogens (primary N) is 1. The van der Waals surface area contributed by atoms with Crippen LogP contribution in [-0.2, 0) is 0 Å². The number of nitrogens with zero attached hydrogens (tertiary/aromatic N) is 1. The second-order valence-electron chi connectivity index (χ2n) is 5.31. The summed E-state index contributed by atoms with van der Waals surface area (Å²) in [6, 6.07) is 9.07. The summed E-state index contributed by atoms with van der Waals surface area (Å²) in [6.07, 6.45) is 1.10. The molecule has 1 heterocycles. The van der Waals surface area contributed by atoms with E-state index in [1.165, 1.54) is 10.0 Å². The Labute approximate surface area is 112 Å². The molecule has 2 atom stereocenters. The molecule has 0 saturated carbocycles. The van der Waals surface area contributed by atoms with E-state index in [0.717, 1.165) is 19.5 Å². The van der Waals surface area contributed by atoms with Gasteiger partial charge in [0.15, 0.2) is 0 Å². The third-order valence-electron chi connectivity index (χ3n) is 3.37. The van der Waals surface area contributed by atoms with E-state index >= 15 is 0 Å². The molecule has 1 aromatic carbocycles. The van der Waals surface area contributed by atoms with E-state index in [0.29, 0.717) is 12.0 Å². The fraction of sp³-hybridized carbons (Fsp3) is 0.571. The lowest BCUT2D eigenvalue weighted by Crippen LogP contribution is -2.34. The summed E-state index contributed by atoms with van der Waals surface area (Å²) in [7, 11) is 0. The molecule has 0 radical (unpaired) electrons. The second-order valence-corrected chi connectivity index (χ2v) is 6.16. The van der Waals surface area contributed by atoms with Crippen LogP contribution in [-0.4, -0.2) is 24.0 Å². The molecule has 0 aliphatic carbocycles. The highest BCUT2D eigenvalue weighted by Gasteiger charge is 2.33. The van der Waals surface area contributed by atoms with Gasteiger partial charge in [-0.15, -0.1) is 0 Å². The van der Waals surface area contributed by atoms with Crippen LogP contribution in [0.2, 0.25) is 0 Å². The Hall–Kier alpha value is -0.380. The van der Waals surface area contributed by atoms with Crippen LogP contribution >= 0.6 is 15.9 Å². The van der Waals surface area contributed by atoms with Gasteiger partial charge in [-0.2, -0.15) is 0 Å². The summed E-state index contributed by atoms with van der Waals surface area (Å²) < 4.78 is 1.18. The summed E-state index contributed by atoms with van der Waals surface area (Å²) in [4.78, 5) is 2.52. The third-order valence-corrected chi connectivity index (χ3v) is 4.09. The topological polar surface area (TPSA) is 29.3 Å². The Morgan fingerprint density at radius 3 is 2.76 bits per heavy atom. The average Bonchev–Trinajstić information content (AvgIpc) is 2.60. The van der Waals surface area contributed by atoms with Crippen LogP contribution in [0.5, 0.6) is 0 Å². The minimum Gasteiger partial charge on any atom is -0.326 e. The molecule has 2 N–H and O–H groups in total. The van der Waals surface area contributed by atoms with Gasteiger partial charge < -0.3 is 5.73 Å². The highest BCUT2D eigenvalue weighted by Crippen LogP contribution is 2.35. The molecular weight excluding hydrogens is 276 g/mol. The number of likely N-dealkylation sites (tertiary alicyclic amines) is 1. The van der Waals surface area contributed by atoms with E-state index in [1.807, 2.05) is 0 Å². The smallest absolute Gasteiger partial charge is 0.0510 e. The van der Waals surface area contributed by atoms with Crippen molar-refractivity contribution in [3.8, 4) is 0 Å². The van der Waals surface area contributed by atoms with Crippen molar-refractivity contribution < 1.29 is 0 Å². The lowest BCUT2D eigenvalue weighted by atomic mass is 10.0. The molecule has 94 valence electrons. The van der Waals surface area contributed by atoms with Crippen LogP contribution < -0.4 is 5.73 Å². The zero-order valence-corrected chi connectivity index (χ0v) is 12.2. The fourth-order valence-corrected chi connectivity index (χ4v) is 3.22. The summed E-state index contributed by atoms with van der Waals surface area (Å²) in [5.41, 5.74) is 7.62. The van der Waals surface area contributed by atoms with E-state index in [1.54, 1.807) is 0 Å². The SMILES string of the molecule is CC(C)CN1CCC(N)C1c1ccccc1Br. The summed E-state index contributed by atoms with van der Waals surface area (Å²) >= 11 is 3.65. The molecule has 2 rings (SSSR count). The Morgan fingerprint density at radius 1 is 1.41 bits per heavy atom. The third kappa shape index (κ3) is 2.90. The van der Waals surface area contributed by atoms with Crippen molar-refractivity contribution in [2.24, 2.45) is 11.7 Å². The first-order valence-electron chi connectivity index (χ1n) is 6.33. The lowest BCUT2D eigenvalue weighted by Gasteiger charge is -2.29. The molecule has 0 aromatic heterocycles. The number of benzene rings is 1. The first-order chi connectivity index (χ1) is 8.09. The molecule has 0 spiro atoms. The zero-order chi connectivity index (χ0) is 12.4. The van der Waals surface area contributed by atoms with Crippen molar-refractivity contribution in [3.63, 3.8) is 0 Å². The first kappa shape index (κ1) is 13.1. The molecule has 1 fully saturated rings. The van der Waals surface area contributed by atoms with Crippen molar-refractivity contribution in [3.05, 3.63) is 34.3 Å². The number of halogens is 1. The maximum absolute atomic E-state index is 6.28. The van der Waals surface area contributed by atoms with Crippen LogP contribution in [0.1, 0.15) is 31.9 Å². The number of hydrogen-bond donors (Lipinski definition) is 1. The van der Waals surface area contributed by atoms with Gasteiger partial charge in [0, 0.05) is 23.6 Å². The number of hydrogen-bond acceptors (Lipinski definition) is 2. The zero-order valence-electron chi connectivity index (χ0n) is 10.6. The van der Waals surface area contributed by atoms with Crippen molar-refractivity contribution in [2.75, 3.05) is 13.1 Å². The van der Waals surface area contributed by atoms with Crippen LogP contribution in [0.4, 0.5) is 0 Å². The summed E-state index contributed by atoms with van der Waals surface area (Å²) in [5.74, 6) is 0.685. The molecule has 17 heavy (non-hydrogen) atoms. The molecule has 1 aliphatic heterocycles. The van der Waals surface area contributed by atoms with Crippen molar-refractivity contribution >= 4 is 15.9 Å². The van der Waals surface area contributed by atoms with Crippen LogP contribution in [0.3, 0.4) is 0 Å². The van der Waals surface area contributed by atoms with Gasteiger partial charge in [-0.05, 0) is 24.0 Å². The minimum atomic E-state index is 0.257. The predicted molar refractivity (Wildman–Crippen MR) is 75.9 cm³/mol. The molecule has 3 heteroatoms. The van der Waals surface area contributed by atoms with Gasteiger partial charge in [-0.1, -0.05) is 48.0 Å². The van der Waals surface area contributed by atoms with E-state index in [9.17, 15) is 0 Å². The highest BCUT2D eigenvalue weighted by atomic mass is 79.9. The van der Waals surface area contributed by atoms with Gasteiger partial charge in [0.2, 0.25) is 0 Å². The monoisotopic (exact) mass is 296 g/mol. The van der Waals surface area contributed by atoms with Crippen molar-refractivity contribution in [1.29, 1.82) is 0 Å². The van der Waals surface area contributed by atoms with E-state index in [4.69, 9.17) is 5.73 Å². The Bertz CT molecular complexity index is 378. The van der Waals surface area contributed by atoms with Gasteiger partial charge >= 0.3 is 0 Å². The molecular formula is C14H21BrN2. The maximum Gasteiger partial charge on any atom is 0.0510 e. The van der Waals surface area contributed by atoms with Gasteiger partial charge in [0.05, 0.1) is 6.04 Å². The van der Waals surface area contributed by atoms with Crippen LogP contribution in [0.25, 0.3) is 0 Å². The van der Waals surface area contributed by atoms with E-state index < -0.39 is 0 Å². The predicted octanol–water partition coefficient (Wildman–Crippen LogP) is 3.18.